The van der Waals surface area contributed by atoms with E-state index in [1.54, 1.807) is 4.72 Å². The quantitative estimate of drug-likeness (QED) is 0.668. The van der Waals surface area contributed by atoms with Gasteiger partial charge in [0.2, 0.25) is 10.0 Å². The van der Waals surface area contributed by atoms with Crippen LogP contribution < -0.4 is 14.6 Å². The molecule has 0 aliphatic heterocycles. The molecule has 20 heavy (non-hydrogen) atoms. The zero-order valence-corrected chi connectivity index (χ0v) is 13.2. The van der Waals surface area contributed by atoms with E-state index in [1.165, 1.54) is 6.07 Å². The molecule has 0 aliphatic carbocycles. The van der Waals surface area contributed by atoms with Crippen molar-refractivity contribution < 1.29 is 26.4 Å². The second-order valence-corrected chi connectivity index (χ2v) is 7.22. The SMILES string of the molecule is COC(=O)NS(=O)(=O)Nc1ccc(S(N)(=O)=O)cc1Br. The van der Waals surface area contributed by atoms with Crippen molar-refractivity contribution >= 4 is 47.9 Å². The Morgan fingerprint density at radius 2 is 1.90 bits per heavy atom. The molecule has 1 rings (SSSR count). The van der Waals surface area contributed by atoms with Gasteiger partial charge in [-0.25, -0.2) is 23.1 Å². The maximum atomic E-state index is 11.5. The van der Waals surface area contributed by atoms with E-state index in [4.69, 9.17) is 5.14 Å². The molecular formula is C8H10BrN3O6S2. The Bertz CT molecular complexity index is 731. The van der Waals surface area contributed by atoms with Gasteiger partial charge in [0, 0.05) is 4.47 Å². The number of ether oxygens (including phenoxy) is 1. The Labute approximate surface area is 123 Å². The monoisotopic (exact) mass is 387 g/mol. The molecule has 0 saturated heterocycles. The highest BCUT2D eigenvalue weighted by Crippen LogP contribution is 2.25. The minimum Gasteiger partial charge on any atom is -0.452 e. The fourth-order valence-electron chi connectivity index (χ4n) is 1.08. The number of anilines is 1. The number of primary sulfonamides is 1. The van der Waals surface area contributed by atoms with Crippen LogP contribution in [0.3, 0.4) is 0 Å². The Kier molecular flexibility index (Phi) is 4.96. The number of halogens is 1. The smallest absolute Gasteiger partial charge is 0.422 e. The van der Waals surface area contributed by atoms with E-state index < -0.39 is 26.3 Å². The summed E-state index contributed by atoms with van der Waals surface area (Å²) in [5.74, 6) is 0. The Morgan fingerprint density at radius 1 is 1.30 bits per heavy atom. The first-order valence-corrected chi connectivity index (χ1v) is 8.58. The topological polar surface area (TPSA) is 145 Å². The maximum Gasteiger partial charge on any atom is 0.422 e. The number of sulfonamides is 1. The summed E-state index contributed by atoms with van der Waals surface area (Å²) in [5, 5.41) is 4.93. The number of benzene rings is 1. The fraction of sp³-hybridized carbons (Fsp3) is 0.125. The molecule has 112 valence electrons. The van der Waals surface area contributed by atoms with Gasteiger partial charge in [-0.05, 0) is 34.1 Å². The van der Waals surface area contributed by atoms with Gasteiger partial charge in [0.1, 0.15) is 0 Å². The van der Waals surface area contributed by atoms with Crippen LogP contribution in [0, 0.1) is 0 Å². The first-order chi connectivity index (χ1) is 9.05. The molecule has 1 aromatic carbocycles. The highest BCUT2D eigenvalue weighted by atomic mass is 79.9. The van der Waals surface area contributed by atoms with Crippen LogP contribution in [0.25, 0.3) is 0 Å². The van der Waals surface area contributed by atoms with Crippen LogP contribution in [0.1, 0.15) is 0 Å². The first kappa shape index (κ1) is 16.7. The lowest BCUT2D eigenvalue weighted by Crippen LogP contribution is -2.35. The van der Waals surface area contributed by atoms with Crippen molar-refractivity contribution in [1.82, 2.24) is 4.72 Å². The predicted molar refractivity (Wildman–Crippen MR) is 73.6 cm³/mol. The van der Waals surface area contributed by atoms with Crippen molar-refractivity contribution in [2.24, 2.45) is 5.14 Å². The molecule has 0 atom stereocenters. The molecule has 0 heterocycles. The fourth-order valence-corrected chi connectivity index (χ4v) is 3.20. The van der Waals surface area contributed by atoms with Gasteiger partial charge in [0.05, 0.1) is 17.7 Å². The molecule has 12 heteroatoms. The van der Waals surface area contributed by atoms with Crippen molar-refractivity contribution in [1.29, 1.82) is 0 Å². The van der Waals surface area contributed by atoms with Crippen LogP contribution in [0.5, 0.6) is 0 Å². The second-order valence-electron chi connectivity index (χ2n) is 3.39. The van der Waals surface area contributed by atoms with Gasteiger partial charge in [-0.3, -0.25) is 4.72 Å². The molecular weight excluding hydrogens is 378 g/mol. The van der Waals surface area contributed by atoms with Gasteiger partial charge in [-0.2, -0.15) is 8.42 Å². The summed E-state index contributed by atoms with van der Waals surface area (Å²) in [5.41, 5.74) is 0.00815. The average molecular weight is 388 g/mol. The number of carbonyl (C=O) groups is 1. The summed E-state index contributed by atoms with van der Waals surface area (Å²) in [7, 11) is -7.11. The number of carbonyl (C=O) groups excluding carboxylic acids is 1. The lowest BCUT2D eigenvalue weighted by atomic mass is 10.3. The molecule has 0 saturated carbocycles. The number of nitrogens with one attached hydrogen (secondary N) is 2. The third kappa shape index (κ3) is 4.63. The predicted octanol–water partition coefficient (Wildman–Crippen LogP) is 0.109. The first-order valence-electron chi connectivity index (χ1n) is 4.76. The Morgan fingerprint density at radius 3 is 2.35 bits per heavy atom. The molecule has 9 nitrogen and oxygen atoms in total. The molecule has 4 N–H and O–H groups in total. The largest absolute Gasteiger partial charge is 0.452 e. The second kappa shape index (κ2) is 5.95. The molecule has 0 spiro atoms. The minimum absolute atomic E-state index is 0.00815. The molecule has 0 radical (unpaired) electrons. The molecule has 0 aliphatic rings. The van der Waals surface area contributed by atoms with Gasteiger partial charge < -0.3 is 4.74 Å². The minimum atomic E-state index is -4.20. The number of nitrogens with two attached hydrogens (primary N) is 1. The van der Waals surface area contributed by atoms with E-state index in [0.29, 0.717) is 0 Å². The molecule has 0 fully saturated rings. The van der Waals surface area contributed by atoms with Crippen LogP contribution >= 0.6 is 15.9 Å². The van der Waals surface area contributed by atoms with Crippen LogP contribution in [-0.2, 0) is 25.0 Å². The van der Waals surface area contributed by atoms with E-state index in [0.717, 1.165) is 19.2 Å². The molecule has 1 amide bonds. The lowest BCUT2D eigenvalue weighted by Gasteiger charge is -2.10. The van der Waals surface area contributed by atoms with Gasteiger partial charge in [-0.15, -0.1) is 0 Å². The summed E-state index contributed by atoms with van der Waals surface area (Å²) >= 11 is 2.98. The molecule has 0 unspecified atom stereocenters. The zero-order valence-electron chi connectivity index (χ0n) is 9.95. The van der Waals surface area contributed by atoms with Crippen molar-refractivity contribution in [3.63, 3.8) is 0 Å². The van der Waals surface area contributed by atoms with E-state index in [9.17, 15) is 21.6 Å². The van der Waals surface area contributed by atoms with Gasteiger partial charge in [-0.1, -0.05) is 0 Å². The zero-order chi connectivity index (χ0) is 15.6. The summed E-state index contributed by atoms with van der Waals surface area (Å²) < 4.78 is 53.1. The van der Waals surface area contributed by atoms with Gasteiger partial charge >= 0.3 is 16.3 Å². The van der Waals surface area contributed by atoms with Crippen molar-refractivity contribution in [3.8, 4) is 0 Å². The highest BCUT2D eigenvalue weighted by Gasteiger charge is 2.17. The van der Waals surface area contributed by atoms with Crippen LogP contribution in [0.2, 0.25) is 0 Å². The van der Waals surface area contributed by atoms with Crippen molar-refractivity contribution in [3.05, 3.63) is 22.7 Å². The summed E-state index contributed by atoms with van der Waals surface area (Å²) in [6.45, 7) is 0. The van der Waals surface area contributed by atoms with Crippen molar-refractivity contribution in [2.45, 2.75) is 4.90 Å². The maximum absolute atomic E-state index is 11.5. The summed E-state index contributed by atoms with van der Waals surface area (Å²) in [4.78, 5) is 10.6. The molecule has 1 aromatic rings. The van der Waals surface area contributed by atoms with Crippen molar-refractivity contribution in [2.75, 3.05) is 11.8 Å². The number of rotatable bonds is 4. The standard InChI is InChI=1S/C8H10BrN3O6S2/c1-18-8(13)12-20(16,17)11-7-3-2-5(4-6(7)9)19(10,14)15/h2-4,11H,1H3,(H,12,13)(H2,10,14,15). The lowest BCUT2D eigenvalue weighted by molar-refractivity contribution is 0.177. The number of methoxy groups -OCH3 is 1. The number of hydrogen-bond donors (Lipinski definition) is 3. The van der Waals surface area contributed by atoms with Gasteiger partial charge in [0.25, 0.3) is 0 Å². The van der Waals surface area contributed by atoms with E-state index in [2.05, 4.69) is 20.7 Å². The van der Waals surface area contributed by atoms with Crippen LogP contribution in [0.15, 0.2) is 27.6 Å². The molecule has 0 bridgehead atoms. The average Bonchev–Trinajstić information content (AvgIpc) is 2.29. The number of amides is 1. The third-order valence-corrected chi connectivity index (χ3v) is 4.41. The van der Waals surface area contributed by atoms with E-state index in [1.807, 2.05) is 4.72 Å². The summed E-state index contributed by atoms with van der Waals surface area (Å²) in [6.07, 6.45) is -1.17. The summed E-state index contributed by atoms with van der Waals surface area (Å²) in [6, 6.07) is 3.39. The van der Waals surface area contributed by atoms with E-state index >= 15 is 0 Å². The normalized spacial score (nSPS) is 11.8. The Balaban J connectivity index is 3.03. The highest BCUT2D eigenvalue weighted by molar-refractivity contribution is 9.10. The Hall–Kier alpha value is -1.37. The van der Waals surface area contributed by atoms with Crippen LogP contribution in [-0.4, -0.2) is 30.0 Å². The third-order valence-electron chi connectivity index (χ3n) is 1.92. The van der Waals surface area contributed by atoms with Crippen LogP contribution in [0.4, 0.5) is 10.5 Å². The molecule has 0 aromatic heterocycles. The number of hydrogen-bond acceptors (Lipinski definition) is 6. The van der Waals surface area contributed by atoms with Gasteiger partial charge in [0.15, 0.2) is 0 Å². The van der Waals surface area contributed by atoms with E-state index in [-0.39, 0.29) is 15.1 Å².